The summed E-state index contributed by atoms with van der Waals surface area (Å²) >= 11 is 0. The Labute approximate surface area is 158 Å². The first kappa shape index (κ1) is 18.8. The highest BCUT2D eigenvalue weighted by Crippen LogP contribution is 2.33. The molecule has 1 aromatic heterocycles. The molecule has 6 nitrogen and oxygen atoms in total. The van der Waals surface area contributed by atoms with Gasteiger partial charge in [-0.1, -0.05) is 35.9 Å². The third-order valence-electron chi connectivity index (χ3n) is 4.13. The Morgan fingerprint density at radius 1 is 1.11 bits per heavy atom. The quantitative estimate of drug-likeness (QED) is 0.610. The van der Waals surface area contributed by atoms with Gasteiger partial charge in [0.15, 0.2) is 15.1 Å². The van der Waals surface area contributed by atoms with Crippen molar-refractivity contribution in [3.63, 3.8) is 0 Å². The van der Waals surface area contributed by atoms with Gasteiger partial charge < -0.3 is 4.74 Å². The molecule has 2 aromatic carbocycles. The largest absolute Gasteiger partial charge is 0.465 e. The standard InChI is InChI=1S/C20H20N2O4S/c1-3-26-20(23)19(27(24,25)16-11-9-15(2)10-12-16)17-7-4-5-8-18(17)22-14-6-13-21-22/h4-14,19H,3H2,1-2H3. The maximum atomic E-state index is 13.4. The van der Waals surface area contributed by atoms with E-state index >= 15 is 0 Å². The summed E-state index contributed by atoms with van der Waals surface area (Å²) < 4.78 is 33.4. The molecule has 0 spiro atoms. The molecule has 1 unspecified atom stereocenters. The number of sulfone groups is 1. The molecule has 0 N–H and O–H groups in total. The van der Waals surface area contributed by atoms with E-state index in [1.807, 2.05) is 6.92 Å². The van der Waals surface area contributed by atoms with Gasteiger partial charge in [-0.25, -0.2) is 13.1 Å². The number of aryl methyl sites for hydroxylation is 1. The first-order valence-corrected chi connectivity index (χ1v) is 10.1. The van der Waals surface area contributed by atoms with Crippen molar-refractivity contribution in [3.05, 3.63) is 78.1 Å². The van der Waals surface area contributed by atoms with Crippen LogP contribution >= 0.6 is 0 Å². The highest BCUT2D eigenvalue weighted by Gasteiger charge is 2.38. The summed E-state index contributed by atoms with van der Waals surface area (Å²) in [5.41, 5.74) is 1.76. The highest BCUT2D eigenvalue weighted by molar-refractivity contribution is 7.92. The van der Waals surface area contributed by atoms with Gasteiger partial charge in [-0.15, -0.1) is 0 Å². The van der Waals surface area contributed by atoms with Crippen molar-refractivity contribution < 1.29 is 17.9 Å². The third-order valence-corrected chi connectivity index (χ3v) is 6.13. The maximum Gasteiger partial charge on any atom is 0.329 e. The zero-order valence-electron chi connectivity index (χ0n) is 15.1. The molecule has 0 radical (unpaired) electrons. The van der Waals surface area contributed by atoms with Crippen molar-refractivity contribution in [1.82, 2.24) is 9.78 Å². The van der Waals surface area contributed by atoms with E-state index in [9.17, 15) is 13.2 Å². The molecule has 0 amide bonds. The number of ether oxygens (including phenoxy) is 1. The van der Waals surface area contributed by atoms with E-state index in [1.165, 1.54) is 16.8 Å². The number of carbonyl (C=O) groups excluding carboxylic acids is 1. The van der Waals surface area contributed by atoms with Crippen molar-refractivity contribution in [1.29, 1.82) is 0 Å². The zero-order chi connectivity index (χ0) is 19.4. The Bertz CT molecular complexity index is 1030. The molecule has 0 aliphatic rings. The monoisotopic (exact) mass is 384 g/mol. The summed E-state index contributed by atoms with van der Waals surface area (Å²) in [4.78, 5) is 12.8. The van der Waals surface area contributed by atoms with Gasteiger partial charge >= 0.3 is 5.97 Å². The fraction of sp³-hybridized carbons (Fsp3) is 0.200. The molecule has 0 saturated heterocycles. The smallest absolute Gasteiger partial charge is 0.329 e. The summed E-state index contributed by atoms with van der Waals surface area (Å²) in [6.45, 7) is 3.60. The van der Waals surface area contributed by atoms with Crippen LogP contribution in [0.5, 0.6) is 0 Å². The molecular weight excluding hydrogens is 364 g/mol. The van der Waals surface area contributed by atoms with E-state index in [2.05, 4.69) is 5.10 Å². The van der Waals surface area contributed by atoms with Crippen LogP contribution in [0.15, 0.2) is 71.9 Å². The predicted octanol–water partition coefficient (Wildman–Crippen LogP) is 3.26. The fourth-order valence-corrected chi connectivity index (χ4v) is 4.47. The molecule has 0 fully saturated rings. The number of hydrogen-bond acceptors (Lipinski definition) is 5. The Balaban J connectivity index is 2.19. The lowest BCUT2D eigenvalue weighted by atomic mass is 10.1. The zero-order valence-corrected chi connectivity index (χ0v) is 15.9. The Kier molecular flexibility index (Phi) is 5.41. The van der Waals surface area contributed by atoms with Crippen LogP contribution in [0.4, 0.5) is 0 Å². The molecule has 0 aliphatic carbocycles. The van der Waals surface area contributed by atoms with Crippen LogP contribution < -0.4 is 0 Å². The van der Waals surface area contributed by atoms with E-state index < -0.39 is 21.1 Å². The minimum Gasteiger partial charge on any atom is -0.465 e. The average molecular weight is 384 g/mol. The molecule has 3 aromatic rings. The Morgan fingerprint density at radius 3 is 2.44 bits per heavy atom. The van der Waals surface area contributed by atoms with Crippen molar-refractivity contribution in [2.24, 2.45) is 0 Å². The lowest BCUT2D eigenvalue weighted by Gasteiger charge is -2.20. The molecule has 0 aliphatic heterocycles. The topological polar surface area (TPSA) is 78.3 Å². The first-order valence-electron chi connectivity index (χ1n) is 8.51. The molecule has 1 heterocycles. The van der Waals surface area contributed by atoms with Crippen molar-refractivity contribution in [2.75, 3.05) is 6.61 Å². The van der Waals surface area contributed by atoms with Gasteiger partial charge in [-0.2, -0.15) is 5.10 Å². The van der Waals surface area contributed by atoms with Crippen LogP contribution in [0.3, 0.4) is 0 Å². The van der Waals surface area contributed by atoms with E-state index in [0.29, 0.717) is 11.3 Å². The second-order valence-electron chi connectivity index (χ2n) is 6.00. The first-order chi connectivity index (χ1) is 12.9. The fourth-order valence-electron chi connectivity index (χ4n) is 2.83. The second-order valence-corrected chi connectivity index (χ2v) is 8.03. The van der Waals surface area contributed by atoms with Crippen molar-refractivity contribution in [3.8, 4) is 5.69 Å². The molecule has 27 heavy (non-hydrogen) atoms. The van der Waals surface area contributed by atoms with Crippen LogP contribution in [0.1, 0.15) is 23.3 Å². The normalized spacial score (nSPS) is 12.5. The summed E-state index contributed by atoms with van der Waals surface area (Å²) in [5.74, 6) is -0.808. The minimum absolute atomic E-state index is 0.0708. The van der Waals surface area contributed by atoms with Gasteiger partial charge in [0.25, 0.3) is 0 Å². The molecule has 1 atom stereocenters. The molecule has 0 saturated carbocycles. The van der Waals surface area contributed by atoms with E-state index in [4.69, 9.17) is 4.74 Å². The SMILES string of the molecule is CCOC(=O)C(c1ccccc1-n1cccn1)S(=O)(=O)c1ccc(C)cc1. The highest BCUT2D eigenvalue weighted by atomic mass is 32.2. The predicted molar refractivity (Wildman–Crippen MR) is 101 cm³/mol. The van der Waals surface area contributed by atoms with Crippen LogP contribution in [-0.4, -0.2) is 30.8 Å². The summed E-state index contributed by atoms with van der Waals surface area (Å²) in [5, 5.41) is 2.69. The molecule has 3 rings (SSSR count). The molecule has 140 valence electrons. The lowest BCUT2D eigenvalue weighted by molar-refractivity contribution is -0.142. The van der Waals surface area contributed by atoms with E-state index in [1.54, 1.807) is 61.8 Å². The molecular formula is C20H20N2O4S. The van der Waals surface area contributed by atoms with Crippen LogP contribution in [0.25, 0.3) is 5.69 Å². The van der Waals surface area contributed by atoms with Crippen LogP contribution in [-0.2, 0) is 19.4 Å². The second kappa shape index (κ2) is 7.75. The van der Waals surface area contributed by atoms with E-state index in [-0.39, 0.29) is 11.5 Å². The maximum absolute atomic E-state index is 13.4. The number of nitrogens with zero attached hydrogens (tertiary/aromatic N) is 2. The number of aromatic nitrogens is 2. The van der Waals surface area contributed by atoms with Crippen molar-refractivity contribution >= 4 is 15.8 Å². The van der Waals surface area contributed by atoms with Gasteiger partial charge in [0.2, 0.25) is 0 Å². The van der Waals surface area contributed by atoms with Crippen LogP contribution in [0, 0.1) is 6.92 Å². The number of esters is 1. The molecule has 7 heteroatoms. The summed E-state index contributed by atoms with van der Waals surface area (Å²) in [6.07, 6.45) is 3.28. The average Bonchev–Trinajstić information content (AvgIpc) is 3.17. The lowest BCUT2D eigenvalue weighted by Crippen LogP contribution is -2.26. The van der Waals surface area contributed by atoms with Gasteiger partial charge in [0, 0.05) is 18.0 Å². The Morgan fingerprint density at radius 2 is 1.81 bits per heavy atom. The summed E-state index contributed by atoms with van der Waals surface area (Å²) in [7, 11) is -4.02. The number of benzene rings is 2. The van der Waals surface area contributed by atoms with Gasteiger partial charge in [0.1, 0.15) is 0 Å². The van der Waals surface area contributed by atoms with Gasteiger partial charge in [-0.3, -0.25) is 4.79 Å². The minimum atomic E-state index is -4.02. The third kappa shape index (κ3) is 3.78. The van der Waals surface area contributed by atoms with Gasteiger partial charge in [-0.05, 0) is 38.1 Å². The van der Waals surface area contributed by atoms with E-state index in [0.717, 1.165) is 5.56 Å². The number of para-hydroxylation sites is 1. The van der Waals surface area contributed by atoms with Gasteiger partial charge in [0.05, 0.1) is 17.2 Å². The van der Waals surface area contributed by atoms with Crippen molar-refractivity contribution in [2.45, 2.75) is 24.0 Å². The summed E-state index contributed by atoms with van der Waals surface area (Å²) in [6, 6.07) is 14.9. The number of rotatable bonds is 6. The van der Waals surface area contributed by atoms with Crippen LogP contribution in [0.2, 0.25) is 0 Å². The number of carbonyl (C=O) groups is 1. The molecule has 0 bridgehead atoms. The number of hydrogen-bond donors (Lipinski definition) is 0. The Hall–Kier alpha value is -2.93.